The third kappa shape index (κ3) is 3.05. The summed E-state index contributed by atoms with van der Waals surface area (Å²) in [4.78, 5) is 16.1. The maximum Gasteiger partial charge on any atom is 0.258 e. The summed E-state index contributed by atoms with van der Waals surface area (Å²) >= 11 is 0. The van der Waals surface area contributed by atoms with Gasteiger partial charge in [-0.1, -0.05) is 0 Å². The van der Waals surface area contributed by atoms with E-state index in [4.69, 9.17) is 5.84 Å². The van der Waals surface area contributed by atoms with Crippen LogP contribution in [0.25, 0.3) is 5.95 Å². The van der Waals surface area contributed by atoms with Gasteiger partial charge in [-0.2, -0.15) is 24.7 Å². The fraction of sp³-hybridized carbons (Fsp3) is 0.444. The summed E-state index contributed by atoms with van der Waals surface area (Å²) in [6, 6.07) is -0.230. The molecule has 1 atom stereocenters. The second kappa shape index (κ2) is 5.21. The summed E-state index contributed by atoms with van der Waals surface area (Å²) < 4.78 is 24.3. The van der Waals surface area contributed by atoms with Crippen molar-refractivity contribution in [1.82, 2.24) is 29.7 Å². The molecule has 2 aromatic heterocycles. The van der Waals surface area contributed by atoms with Crippen molar-refractivity contribution in [3.05, 3.63) is 12.7 Å². The molecule has 0 aliphatic carbocycles. The van der Waals surface area contributed by atoms with Crippen molar-refractivity contribution in [2.75, 3.05) is 22.2 Å². The van der Waals surface area contributed by atoms with E-state index in [1.807, 2.05) is 0 Å². The van der Waals surface area contributed by atoms with Gasteiger partial charge < -0.3 is 5.32 Å². The molecular weight excluding hydrogens is 298 g/mol. The third-order valence-corrected chi connectivity index (χ3v) is 4.71. The van der Waals surface area contributed by atoms with Crippen LogP contribution in [0.3, 0.4) is 0 Å². The van der Waals surface area contributed by atoms with E-state index in [1.54, 1.807) is 0 Å². The molecule has 3 heterocycles. The van der Waals surface area contributed by atoms with E-state index in [1.165, 1.54) is 17.3 Å². The first kappa shape index (κ1) is 13.6. The van der Waals surface area contributed by atoms with Gasteiger partial charge >= 0.3 is 0 Å². The summed E-state index contributed by atoms with van der Waals surface area (Å²) in [7, 11) is -2.99. The number of hydrogen-bond acceptors (Lipinski definition) is 10. The van der Waals surface area contributed by atoms with Crippen molar-refractivity contribution in [1.29, 1.82) is 0 Å². The number of sulfone groups is 1. The summed E-state index contributed by atoms with van der Waals surface area (Å²) in [5.74, 6) is 6.13. The molecule has 2 aromatic rings. The van der Waals surface area contributed by atoms with E-state index in [-0.39, 0.29) is 35.4 Å². The number of nitrogens with zero attached hydrogens (tertiary/aromatic N) is 6. The second-order valence-electron chi connectivity index (χ2n) is 4.51. The molecule has 1 aliphatic heterocycles. The molecule has 4 N–H and O–H groups in total. The highest BCUT2D eigenvalue weighted by Crippen LogP contribution is 2.16. The maximum atomic E-state index is 11.5. The number of aromatic nitrogens is 6. The number of rotatable bonds is 4. The molecule has 0 radical (unpaired) electrons. The molecule has 12 heteroatoms. The van der Waals surface area contributed by atoms with Gasteiger partial charge in [0.05, 0.1) is 11.5 Å². The lowest BCUT2D eigenvalue weighted by atomic mass is 10.3. The first-order chi connectivity index (χ1) is 10.1. The van der Waals surface area contributed by atoms with Crippen LogP contribution in [-0.4, -0.2) is 55.7 Å². The topological polar surface area (TPSA) is 154 Å². The van der Waals surface area contributed by atoms with Gasteiger partial charge in [-0.15, -0.1) is 0 Å². The lowest BCUT2D eigenvalue weighted by molar-refractivity contribution is 0.602. The maximum absolute atomic E-state index is 11.5. The fourth-order valence-corrected chi connectivity index (χ4v) is 3.67. The van der Waals surface area contributed by atoms with Gasteiger partial charge in [0.1, 0.15) is 12.7 Å². The zero-order valence-corrected chi connectivity index (χ0v) is 11.7. The zero-order valence-electron chi connectivity index (χ0n) is 10.8. The molecule has 0 amide bonds. The number of anilines is 2. The van der Waals surface area contributed by atoms with Crippen LogP contribution in [0.2, 0.25) is 0 Å². The Bertz CT molecular complexity index is 730. The summed E-state index contributed by atoms with van der Waals surface area (Å²) in [6.07, 6.45) is 3.29. The molecule has 1 aliphatic rings. The molecule has 112 valence electrons. The highest BCUT2D eigenvalue weighted by atomic mass is 32.2. The Labute approximate surface area is 119 Å². The lowest BCUT2D eigenvalue weighted by Gasteiger charge is -2.12. The van der Waals surface area contributed by atoms with Crippen molar-refractivity contribution in [2.45, 2.75) is 12.5 Å². The molecule has 0 saturated carbocycles. The predicted octanol–water partition coefficient (Wildman–Crippen LogP) is -1.66. The highest BCUT2D eigenvalue weighted by molar-refractivity contribution is 7.91. The Morgan fingerprint density at radius 1 is 1.29 bits per heavy atom. The standard InChI is InChI=1S/C9H13N9O2S/c10-17-8-14-7(13-6-1-2-21(19,20)3-6)15-9(16-8)18-5-11-4-12-18/h4-6H,1-3,10H2,(H2,13,14,15,16,17). The van der Waals surface area contributed by atoms with Crippen molar-refractivity contribution in [3.8, 4) is 5.95 Å². The Balaban J connectivity index is 1.86. The predicted molar refractivity (Wildman–Crippen MR) is 73.2 cm³/mol. The number of hydrazine groups is 1. The van der Waals surface area contributed by atoms with Crippen LogP contribution in [0.15, 0.2) is 12.7 Å². The number of nitrogens with one attached hydrogen (secondary N) is 2. The van der Waals surface area contributed by atoms with E-state index in [0.29, 0.717) is 6.42 Å². The first-order valence-electron chi connectivity index (χ1n) is 6.10. The van der Waals surface area contributed by atoms with Gasteiger partial charge in [-0.25, -0.2) is 19.2 Å². The van der Waals surface area contributed by atoms with E-state index in [0.717, 1.165) is 0 Å². The van der Waals surface area contributed by atoms with Crippen molar-refractivity contribution in [3.63, 3.8) is 0 Å². The van der Waals surface area contributed by atoms with Gasteiger partial charge in [-0.3, -0.25) is 5.43 Å². The smallest absolute Gasteiger partial charge is 0.258 e. The molecule has 0 aromatic carbocycles. The monoisotopic (exact) mass is 311 g/mol. The molecule has 21 heavy (non-hydrogen) atoms. The summed E-state index contributed by atoms with van der Waals surface area (Å²) in [5.41, 5.74) is 2.33. The minimum atomic E-state index is -2.99. The van der Waals surface area contributed by atoms with E-state index < -0.39 is 9.84 Å². The van der Waals surface area contributed by atoms with Crippen molar-refractivity contribution < 1.29 is 8.42 Å². The Kier molecular flexibility index (Phi) is 3.39. The zero-order chi connectivity index (χ0) is 14.9. The number of nitrogen functional groups attached to an aromatic ring is 1. The second-order valence-corrected chi connectivity index (χ2v) is 6.74. The van der Waals surface area contributed by atoms with Crippen LogP contribution >= 0.6 is 0 Å². The number of nitrogens with two attached hydrogens (primary N) is 1. The van der Waals surface area contributed by atoms with Crippen LogP contribution < -0.4 is 16.6 Å². The summed E-state index contributed by atoms with van der Waals surface area (Å²) in [5, 5.41) is 6.89. The summed E-state index contributed by atoms with van der Waals surface area (Å²) in [6.45, 7) is 0. The normalized spacial score (nSPS) is 20.3. The van der Waals surface area contributed by atoms with Crippen LogP contribution in [0.1, 0.15) is 6.42 Å². The molecule has 1 unspecified atom stereocenters. The van der Waals surface area contributed by atoms with Crippen molar-refractivity contribution in [2.24, 2.45) is 5.84 Å². The fourth-order valence-electron chi connectivity index (χ4n) is 2.00. The number of hydrogen-bond donors (Lipinski definition) is 3. The highest BCUT2D eigenvalue weighted by Gasteiger charge is 2.28. The van der Waals surface area contributed by atoms with Gasteiger partial charge in [-0.05, 0) is 6.42 Å². The SMILES string of the molecule is NNc1nc(NC2CCS(=O)(=O)C2)nc(-n2cncn2)n1. The Morgan fingerprint density at radius 3 is 2.71 bits per heavy atom. The largest absolute Gasteiger partial charge is 0.350 e. The Hall–Kier alpha value is -2.34. The average molecular weight is 311 g/mol. The lowest BCUT2D eigenvalue weighted by Crippen LogP contribution is -2.24. The van der Waals surface area contributed by atoms with E-state index in [2.05, 4.69) is 35.8 Å². The molecule has 1 saturated heterocycles. The minimum Gasteiger partial charge on any atom is -0.350 e. The molecule has 0 bridgehead atoms. The molecule has 1 fully saturated rings. The average Bonchev–Trinajstić information content (AvgIpc) is 3.08. The molecule has 11 nitrogen and oxygen atoms in total. The van der Waals surface area contributed by atoms with Crippen LogP contribution in [0, 0.1) is 0 Å². The van der Waals surface area contributed by atoms with Gasteiger partial charge in [0, 0.05) is 6.04 Å². The van der Waals surface area contributed by atoms with Gasteiger partial charge in [0.25, 0.3) is 5.95 Å². The van der Waals surface area contributed by atoms with E-state index >= 15 is 0 Å². The van der Waals surface area contributed by atoms with Gasteiger partial charge in [0.15, 0.2) is 9.84 Å². The van der Waals surface area contributed by atoms with Crippen LogP contribution in [-0.2, 0) is 9.84 Å². The van der Waals surface area contributed by atoms with Crippen LogP contribution in [0.5, 0.6) is 0 Å². The minimum absolute atomic E-state index is 0.0583. The quantitative estimate of drug-likeness (QED) is 0.441. The first-order valence-corrected chi connectivity index (χ1v) is 7.92. The Morgan fingerprint density at radius 2 is 2.10 bits per heavy atom. The molecular formula is C9H13N9O2S. The van der Waals surface area contributed by atoms with Gasteiger partial charge in [0.2, 0.25) is 11.9 Å². The van der Waals surface area contributed by atoms with Crippen LogP contribution in [0.4, 0.5) is 11.9 Å². The third-order valence-electron chi connectivity index (χ3n) is 2.94. The molecule has 3 rings (SSSR count). The molecule has 0 spiro atoms. The van der Waals surface area contributed by atoms with Crippen molar-refractivity contribution >= 4 is 21.7 Å². The van der Waals surface area contributed by atoms with E-state index in [9.17, 15) is 8.42 Å².